The van der Waals surface area contributed by atoms with E-state index in [2.05, 4.69) is 16.0 Å². The number of rotatable bonds is 2. The van der Waals surface area contributed by atoms with Crippen LogP contribution < -0.4 is 16.0 Å². The van der Waals surface area contributed by atoms with Crippen LogP contribution in [0.5, 0.6) is 0 Å². The summed E-state index contributed by atoms with van der Waals surface area (Å²) in [6.45, 7) is 3.03. The van der Waals surface area contributed by atoms with Crippen LogP contribution in [0.2, 0.25) is 0 Å². The standard InChI is InChI=1S/C14H22N4O3/c19-11(8-10-2-1-5-15-9-10)18-6-3-14(4-7-18)12(20)16-13(21)17-14/h10,15H,1-9H2,(H2,16,17,20,21). The fraction of sp³-hybridized carbons (Fsp3) is 0.786. The van der Waals surface area contributed by atoms with Crippen molar-refractivity contribution in [2.45, 2.75) is 37.6 Å². The highest BCUT2D eigenvalue weighted by Crippen LogP contribution is 2.26. The number of nitrogens with one attached hydrogen (secondary N) is 3. The summed E-state index contributed by atoms with van der Waals surface area (Å²) in [5, 5.41) is 8.32. The predicted molar refractivity (Wildman–Crippen MR) is 75.4 cm³/mol. The molecule has 3 fully saturated rings. The largest absolute Gasteiger partial charge is 0.342 e. The molecular weight excluding hydrogens is 272 g/mol. The Bertz CT molecular complexity index is 451. The molecule has 7 heteroatoms. The molecule has 0 radical (unpaired) electrons. The van der Waals surface area contributed by atoms with Crippen LogP contribution in [-0.2, 0) is 9.59 Å². The Kier molecular flexibility index (Phi) is 3.84. The number of carbonyl (C=O) groups excluding carboxylic acids is 3. The third kappa shape index (κ3) is 2.88. The second-order valence-electron chi connectivity index (χ2n) is 6.29. The number of piperidine rings is 2. The van der Waals surface area contributed by atoms with Crippen LogP contribution in [-0.4, -0.2) is 54.5 Å². The van der Waals surface area contributed by atoms with Crippen LogP contribution in [0.3, 0.4) is 0 Å². The molecule has 3 N–H and O–H groups in total. The van der Waals surface area contributed by atoms with E-state index in [1.807, 2.05) is 4.90 Å². The highest BCUT2D eigenvalue weighted by molar-refractivity contribution is 6.07. The van der Waals surface area contributed by atoms with Gasteiger partial charge in [0.1, 0.15) is 5.54 Å². The minimum Gasteiger partial charge on any atom is -0.342 e. The number of urea groups is 1. The predicted octanol–water partition coefficient (Wildman–Crippen LogP) is -0.423. The molecule has 21 heavy (non-hydrogen) atoms. The Hall–Kier alpha value is -1.63. The maximum absolute atomic E-state index is 12.3. The molecule has 3 aliphatic heterocycles. The molecule has 0 aromatic rings. The van der Waals surface area contributed by atoms with E-state index in [0.29, 0.717) is 38.3 Å². The van der Waals surface area contributed by atoms with Crippen LogP contribution >= 0.6 is 0 Å². The average Bonchev–Trinajstić information content (AvgIpc) is 2.74. The molecule has 3 heterocycles. The van der Waals surface area contributed by atoms with Crippen molar-refractivity contribution < 1.29 is 14.4 Å². The summed E-state index contributed by atoms with van der Waals surface area (Å²) in [5.41, 5.74) is -0.791. The molecule has 0 aliphatic carbocycles. The number of nitrogens with zero attached hydrogens (tertiary/aromatic N) is 1. The highest BCUT2D eigenvalue weighted by Gasteiger charge is 2.48. The van der Waals surface area contributed by atoms with Gasteiger partial charge in [-0.2, -0.15) is 0 Å². The minimum absolute atomic E-state index is 0.170. The zero-order valence-corrected chi connectivity index (χ0v) is 12.1. The zero-order chi connectivity index (χ0) is 14.9. The van der Waals surface area contributed by atoms with Crippen molar-refractivity contribution in [3.63, 3.8) is 0 Å². The van der Waals surface area contributed by atoms with Gasteiger partial charge < -0.3 is 15.5 Å². The molecule has 0 aromatic carbocycles. The highest BCUT2D eigenvalue weighted by atomic mass is 16.2. The Morgan fingerprint density at radius 3 is 2.62 bits per heavy atom. The molecule has 0 bridgehead atoms. The van der Waals surface area contributed by atoms with Crippen molar-refractivity contribution in [1.29, 1.82) is 0 Å². The summed E-state index contributed by atoms with van der Waals surface area (Å²) < 4.78 is 0. The molecule has 4 amide bonds. The topological polar surface area (TPSA) is 90.5 Å². The molecule has 116 valence electrons. The summed E-state index contributed by atoms with van der Waals surface area (Å²) in [4.78, 5) is 37.3. The van der Waals surface area contributed by atoms with Gasteiger partial charge in [-0.05, 0) is 44.7 Å². The number of hydrogen-bond donors (Lipinski definition) is 3. The smallest absolute Gasteiger partial charge is 0.322 e. The van der Waals surface area contributed by atoms with E-state index in [-0.39, 0.29) is 11.8 Å². The lowest BCUT2D eigenvalue weighted by Gasteiger charge is -2.37. The molecular formula is C14H22N4O3. The maximum atomic E-state index is 12.3. The van der Waals surface area contributed by atoms with Crippen molar-refractivity contribution in [1.82, 2.24) is 20.9 Å². The van der Waals surface area contributed by atoms with Crippen LogP contribution in [0.4, 0.5) is 4.79 Å². The number of likely N-dealkylation sites (tertiary alicyclic amines) is 1. The first kappa shape index (κ1) is 14.3. The molecule has 1 unspecified atom stereocenters. The maximum Gasteiger partial charge on any atom is 0.322 e. The second-order valence-corrected chi connectivity index (χ2v) is 6.29. The second kappa shape index (κ2) is 5.63. The summed E-state index contributed by atoms with van der Waals surface area (Å²) >= 11 is 0. The third-order valence-corrected chi connectivity index (χ3v) is 4.85. The van der Waals surface area contributed by atoms with Crippen molar-refractivity contribution in [3.05, 3.63) is 0 Å². The van der Waals surface area contributed by atoms with Crippen LogP contribution in [0.15, 0.2) is 0 Å². The van der Waals surface area contributed by atoms with Crippen molar-refractivity contribution in [3.8, 4) is 0 Å². The first-order valence-electron chi connectivity index (χ1n) is 7.71. The van der Waals surface area contributed by atoms with Crippen molar-refractivity contribution in [2.24, 2.45) is 5.92 Å². The summed E-state index contributed by atoms with van der Waals surface area (Å²) in [6, 6.07) is -0.423. The molecule has 3 rings (SSSR count). The van der Waals surface area contributed by atoms with Crippen molar-refractivity contribution >= 4 is 17.8 Å². The van der Waals surface area contributed by atoms with Gasteiger partial charge in [-0.3, -0.25) is 14.9 Å². The van der Waals surface area contributed by atoms with Gasteiger partial charge in [-0.25, -0.2) is 4.79 Å². The SMILES string of the molecule is O=C1NC(=O)C2(CCN(C(=O)CC3CCCNC3)CC2)N1. The van der Waals surface area contributed by atoms with Crippen LogP contribution in [0, 0.1) is 5.92 Å². The first-order chi connectivity index (χ1) is 10.1. The summed E-state index contributed by atoms with van der Waals surface area (Å²) in [7, 11) is 0. The van der Waals surface area contributed by atoms with Gasteiger partial charge in [-0.15, -0.1) is 0 Å². The van der Waals surface area contributed by atoms with Crippen LogP contribution in [0.25, 0.3) is 0 Å². The normalized spacial score (nSPS) is 28.4. The van der Waals surface area contributed by atoms with E-state index >= 15 is 0 Å². The molecule has 7 nitrogen and oxygen atoms in total. The van der Waals surface area contributed by atoms with E-state index in [1.54, 1.807) is 0 Å². The molecule has 0 saturated carbocycles. The third-order valence-electron chi connectivity index (χ3n) is 4.85. The van der Waals surface area contributed by atoms with E-state index in [9.17, 15) is 14.4 Å². The van der Waals surface area contributed by atoms with Gasteiger partial charge in [0, 0.05) is 19.5 Å². The number of amides is 4. The summed E-state index contributed by atoms with van der Waals surface area (Å²) in [5.74, 6) is 0.343. The van der Waals surface area contributed by atoms with Gasteiger partial charge in [0.2, 0.25) is 5.91 Å². The van der Waals surface area contributed by atoms with Gasteiger partial charge in [0.05, 0.1) is 0 Å². The van der Waals surface area contributed by atoms with Crippen molar-refractivity contribution in [2.75, 3.05) is 26.2 Å². The summed E-state index contributed by atoms with van der Waals surface area (Å²) in [6.07, 6.45) is 3.82. The quantitative estimate of drug-likeness (QED) is 0.603. The molecule has 1 spiro atoms. The molecule has 3 saturated heterocycles. The van der Waals surface area contributed by atoms with E-state index in [1.165, 1.54) is 0 Å². The lowest BCUT2D eigenvalue weighted by Crippen LogP contribution is -2.56. The number of hydrogen-bond acceptors (Lipinski definition) is 4. The molecule has 0 aromatic heterocycles. The monoisotopic (exact) mass is 294 g/mol. The van der Waals surface area contributed by atoms with Gasteiger partial charge in [-0.1, -0.05) is 0 Å². The Balaban J connectivity index is 1.52. The number of carbonyl (C=O) groups is 3. The Morgan fingerprint density at radius 1 is 1.29 bits per heavy atom. The fourth-order valence-electron chi connectivity index (χ4n) is 3.49. The molecule has 1 atom stereocenters. The van der Waals surface area contributed by atoms with E-state index in [4.69, 9.17) is 0 Å². The fourth-order valence-corrected chi connectivity index (χ4v) is 3.49. The van der Waals surface area contributed by atoms with Crippen LogP contribution in [0.1, 0.15) is 32.1 Å². The Morgan fingerprint density at radius 2 is 2.05 bits per heavy atom. The number of imide groups is 1. The van der Waals surface area contributed by atoms with E-state index in [0.717, 1.165) is 25.9 Å². The Labute approximate surface area is 123 Å². The lowest BCUT2D eigenvalue weighted by molar-refractivity contribution is -0.136. The lowest BCUT2D eigenvalue weighted by atomic mass is 9.87. The van der Waals surface area contributed by atoms with Gasteiger partial charge in [0.25, 0.3) is 5.91 Å². The average molecular weight is 294 g/mol. The minimum atomic E-state index is -0.791. The molecule has 3 aliphatic rings. The van der Waals surface area contributed by atoms with E-state index < -0.39 is 11.6 Å². The first-order valence-corrected chi connectivity index (χ1v) is 7.71. The zero-order valence-electron chi connectivity index (χ0n) is 12.1. The van der Waals surface area contributed by atoms with Gasteiger partial charge >= 0.3 is 6.03 Å². The van der Waals surface area contributed by atoms with Gasteiger partial charge in [0.15, 0.2) is 0 Å².